The smallest absolute Gasteiger partial charge is 0.277 e. The number of hydrogen-bond donors (Lipinski definition) is 3. The minimum Gasteiger partial charge on any atom is -0.382 e. The first kappa shape index (κ1) is 25.4. The van der Waals surface area contributed by atoms with Crippen molar-refractivity contribution in [3.8, 4) is 0 Å². The lowest BCUT2D eigenvalue weighted by Gasteiger charge is -2.21. The van der Waals surface area contributed by atoms with Gasteiger partial charge in [0.05, 0.1) is 19.3 Å². The summed E-state index contributed by atoms with van der Waals surface area (Å²) < 4.78 is 4.21. The molecule has 5 N–H and O–H groups in total. The summed E-state index contributed by atoms with van der Waals surface area (Å²) in [6.45, 7) is 9.28. The van der Waals surface area contributed by atoms with E-state index in [2.05, 4.69) is 24.4 Å². The number of nitrogen functional groups attached to an aromatic ring is 1. The quantitative estimate of drug-likeness (QED) is 0.372. The van der Waals surface area contributed by atoms with Crippen molar-refractivity contribution in [2.24, 2.45) is 5.73 Å². The molecule has 0 radical (unpaired) electrons. The molecule has 0 aliphatic rings. The fourth-order valence-electron chi connectivity index (χ4n) is 4.13. The second-order valence-corrected chi connectivity index (χ2v) is 8.19. The minimum absolute atomic E-state index is 0.0126. The first-order valence-electron chi connectivity index (χ1n) is 11.5. The van der Waals surface area contributed by atoms with Gasteiger partial charge in [-0.05, 0) is 32.4 Å². The minimum atomic E-state index is -0.462. The van der Waals surface area contributed by atoms with Crippen molar-refractivity contribution in [1.29, 1.82) is 0 Å². The average Bonchev–Trinajstić information content (AvgIpc) is 3.14. The second kappa shape index (κ2) is 11.3. The predicted octanol–water partition coefficient (Wildman–Crippen LogP) is 1.74. The van der Waals surface area contributed by atoms with Gasteiger partial charge in [-0.15, -0.1) is 0 Å². The third kappa shape index (κ3) is 5.13. The third-order valence-electron chi connectivity index (χ3n) is 5.63. The van der Waals surface area contributed by atoms with Crippen molar-refractivity contribution in [3.05, 3.63) is 46.6 Å². The lowest BCUT2D eigenvalue weighted by molar-refractivity contribution is -0.676. The zero-order valence-electron chi connectivity index (χ0n) is 19.8. The first-order chi connectivity index (χ1) is 16.4. The zero-order chi connectivity index (χ0) is 24.8. The van der Waals surface area contributed by atoms with Crippen LogP contribution in [0.1, 0.15) is 53.9 Å². The fraction of sp³-hybridized carbons (Fsp3) is 0.435. The van der Waals surface area contributed by atoms with Crippen LogP contribution < -0.4 is 21.4 Å². The summed E-state index contributed by atoms with van der Waals surface area (Å²) in [5.41, 5.74) is 14.0. The van der Waals surface area contributed by atoms with Gasteiger partial charge >= 0.3 is 0 Å². The summed E-state index contributed by atoms with van der Waals surface area (Å²) in [5, 5.41) is 2.96. The zero-order valence-corrected chi connectivity index (χ0v) is 20.6. The van der Waals surface area contributed by atoms with Crippen LogP contribution in [0.3, 0.4) is 0 Å². The SMILES string of the molecule is CCCN(CCN)C(=O)c1ccc2c(c1)n(CC)c(CNC(=O)c1nc(Cl)cnc1N)[n+]2CC. The largest absolute Gasteiger partial charge is 0.382 e. The van der Waals surface area contributed by atoms with Crippen LogP contribution in [-0.4, -0.2) is 50.9 Å². The highest BCUT2D eigenvalue weighted by molar-refractivity contribution is 6.29. The fourth-order valence-corrected chi connectivity index (χ4v) is 4.26. The molecule has 3 rings (SSSR count). The molecule has 0 aliphatic carbocycles. The summed E-state index contributed by atoms with van der Waals surface area (Å²) in [6.07, 6.45) is 2.15. The van der Waals surface area contributed by atoms with Gasteiger partial charge in [0.25, 0.3) is 17.6 Å². The summed E-state index contributed by atoms with van der Waals surface area (Å²) in [4.78, 5) is 35.5. The Morgan fingerprint density at radius 1 is 1.24 bits per heavy atom. The van der Waals surface area contributed by atoms with Gasteiger partial charge in [0.2, 0.25) is 0 Å². The van der Waals surface area contributed by atoms with Crippen LogP contribution >= 0.6 is 11.6 Å². The van der Waals surface area contributed by atoms with Crippen LogP contribution in [-0.2, 0) is 19.6 Å². The van der Waals surface area contributed by atoms with Crippen LogP contribution in [0.5, 0.6) is 0 Å². The van der Waals surface area contributed by atoms with E-state index in [9.17, 15) is 9.59 Å². The van der Waals surface area contributed by atoms with Crippen molar-refractivity contribution in [1.82, 2.24) is 24.8 Å². The van der Waals surface area contributed by atoms with Crippen molar-refractivity contribution in [3.63, 3.8) is 0 Å². The number of imidazole rings is 1. The number of aromatic nitrogens is 4. The molecule has 3 aromatic rings. The van der Waals surface area contributed by atoms with E-state index in [1.165, 1.54) is 6.20 Å². The molecule has 1 aromatic carbocycles. The highest BCUT2D eigenvalue weighted by Crippen LogP contribution is 2.19. The maximum atomic E-state index is 13.1. The number of rotatable bonds is 10. The summed E-state index contributed by atoms with van der Waals surface area (Å²) in [7, 11) is 0. The van der Waals surface area contributed by atoms with Gasteiger partial charge < -0.3 is 21.7 Å². The molecule has 0 fully saturated rings. The van der Waals surface area contributed by atoms with E-state index >= 15 is 0 Å². The van der Waals surface area contributed by atoms with Crippen LogP contribution in [0.25, 0.3) is 11.0 Å². The lowest BCUT2D eigenvalue weighted by atomic mass is 10.1. The molecule has 2 amide bonds. The number of fused-ring (bicyclic) bond motifs is 1. The van der Waals surface area contributed by atoms with Crippen LogP contribution in [0.15, 0.2) is 24.4 Å². The summed E-state index contributed by atoms with van der Waals surface area (Å²) >= 11 is 5.87. The van der Waals surface area contributed by atoms with E-state index in [-0.39, 0.29) is 29.1 Å². The van der Waals surface area contributed by atoms with Gasteiger partial charge in [0, 0.05) is 31.3 Å². The van der Waals surface area contributed by atoms with Crippen LogP contribution in [0.2, 0.25) is 5.15 Å². The number of carbonyl (C=O) groups is 2. The molecule has 182 valence electrons. The number of benzene rings is 1. The lowest BCUT2D eigenvalue weighted by Crippen LogP contribution is -2.40. The number of amides is 2. The normalized spacial score (nSPS) is 11.1. The van der Waals surface area contributed by atoms with Gasteiger partial charge in [0.15, 0.2) is 22.5 Å². The van der Waals surface area contributed by atoms with Gasteiger partial charge in [-0.1, -0.05) is 18.5 Å². The topological polar surface area (TPSA) is 136 Å². The van der Waals surface area contributed by atoms with E-state index < -0.39 is 5.91 Å². The number of nitrogens with one attached hydrogen (secondary N) is 1. The Kier molecular flexibility index (Phi) is 8.41. The van der Waals surface area contributed by atoms with E-state index in [1.54, 1.807) is 4.90 Å². The van der Waals surface area contributed by atoms with Crippen LogP contribution in [0, 0.1) is 0 Å². The Morgan fingerprint density at radius 3 is 2.65 bits per heavy atom. The maximum absolute atomic E-state index is 13.1. The molecule has 0 saturated carbocycles. The number of halogens is 1. The van der Waals surface area contributed by atoms with Gasteiger partial charge in [0.1, 0.15) is 11.7 Å². The molecule has 0 aliphatic heterocycles. The molecule has 0 unspecified atom stereocenters. The molecule has 11 heteroatoms. The molecule has 10 nitrogen and oxygen atoms in total. The molecule has 0 bridgehead atoms. The van der Waals surface area contributed by atoms with E-state index in [4.69, 9.17) is 23.1 Å². The molecule has 2 heterocycles. The number of hydrogen-bond acceptors (Lipinski definition) is 6. The molecule has 34 heavy (non-hydrogen) atoms. The standard InChI is InChI=1S/C23H31ClN8O2/c1-4-10-30(11-9-25)23(34)15-7-8-16-17(12-15)32(6-3)19(31(16)5-2)14-28-22(33)20-21(26)27-13-18(24)29-20/h7-8,12-13H,4-6,9-11,14,25H2,1-3H3,(H2-,26,27,28,33)/p+1. The Hall–Kier alpha value is -3.24. The third-order valence-corrected chi connectivity index (χ3v) is 5.81. The van der Waals surface area contributed by atoms with E-state index in [1.807, 2.05) is 39.0 Å². The Labute approximate surface area is 203 Å². The van der Waals surface area contributed by atoms with Crippen molar-refractivity contribution >= 4 is 40.3 Å². The van der Waals surface area contributed by atoms with Crippen LogP contribution in [0.4, 0.5) is 5.82 Å². The predicted molar refractivity (Wildman–Crippen MR) is 131 cm³/mol. The molecule has 0 atom stereocenters. The summed E-state index contributed by atoms with van der Waals surface area (Å²) in [5.74, 6) is 0.402. The molecule has 2 aromatic heterocycles. The highest BCUT2D eigenvalue weighted by Gasteiger charge is 2.26. The van der Waals surface area contributed by atoms with Crippen molar-refractivity contribution in [2.45, 2.75) is 46.8 Å². The molecular formula is C23H32ClN8O2+. The van der Waals surface area contributed by atoms with Crippen molar-refractivity contribution in [2.75, 3.05) is 25.4 Å². The second-order valence-electron chi connectivity index (χ2n) is 7.80. The monoisotopic (exact) mass is 487 g/mol. The van der Waals surface area contributed by atoms with E-state index in [0.717, 1.165) is 23.3 Å². The average molecular weight is 488 g/mol. The number of anilines is 1. The van der Waals surface area contributed by atoms with Gasteiger partial charge in [-0.25, -0.2) is 19.1 Å². The highest BCUT2D eigenvalue weighted by atomic mass is 35.5. The van der Waals surface area contributed by atoms with Gasteiger partial charge in [-0.2, -0.15) is 0 Å². The Bertz CT molecular complexity index is 1190. The number of aryl methyl sites for hydroxylation is 2. The van der Waals surface area contributed by atoms with Crippen molar-refractivity contribution < 1.29 is 14.2 Å². The molecular weight excluding hydrogens is 456 g/mol. The molecule has 0 saturated heterocycles. The number of nitrogens with zero attached hydrogens (tertiary/aromatic N) is 5. The maximum Gasteiger partial charge on any atom is 0.277 e. The first-order valence-corrected chi connectivity index (χ1v) is 11.8. The Balaban J connectivity index is 1.96. The molecule has 0 spiro atoms. The Morgan fingerprint density at radius 2 is 2.00 bits per heavy atom. The number of carbonyl (C=O) groups excluding carboxylic acids is 2. The van der Waals surface area contributed by atoms with Gasteiger partial charge in [-0.3, -0.25) is 9.59 Å². The number of nitrogens with two attached hydrogens (primary N) is 2. The van der Waals surface area contributed by atoms with E-state index in [0.29, 0.717) is 38.3 Å². The summed E-state index contributed by atoms with van der Waals surface area (Å²) in [6, 6.07) is 5.72.